The van der Waals surface area contributed by atoms with Gasteiger partial charge in [-0.1, -0.05) is 21.9 Å². The second-order valence-electron chi connectivity index (χ2n) is 4.10. The quantitative estimate of drug-likeness (QED) is 0.604. The number of halogens is 1. The number of likely N-dealkylation sites (N-methyl/N-ethyl adjacent to an activating group) is 1. The van der Waals surface area contributed by atoms with Crippen LogP contribution in [0.4, 0.5) is 4.79 Å². The highest BCUT2D eigenvalue weighted by molar-refractivity contribution is 9.10. The summed E-state index contributed by atoms with van der Waals surface area (Å²) in [5.74, 6) is 2.68. The zero-order chi connectivity index (χ0) is 15.4. The highest BCUT2D eigenvalue weighted by atomic mass is 79.9. The van der Waals surface area contributed by atoms with E-state index < -0.39 is 0 Å². The van der Waals surface area contributed by atoms with Crippen molar-refractivity contribution in [2.24, 2.45) is 0 Å². The zero-order valence-corrected chi connectivity index (χ0v) is 13.7. The van der Waals surface area contributed by atoms with Gasteiger partial charge in [-0.25, -0.2) is 0 Å². The molecule has 1 aliphatic heterocycles. The normalized spacial score (nSPS) is 16.4. The molecule has 0 spiro atoms. The molecule has 0 atom stereocenters. The van der Waals surface area contributed by atoms with E-state index in [1.54, 1.807) is 19.1 Å². The van der Waals surface area contributed by atoms with Gasteiger partial charge in [-0.05, 0) is 43.0 Å². The van der Waals surface area contributed by atoms with E-state index in [4.69, 9.17) is 11.2 Å². The Bertz CT molecular complexity index is 663. The lowest BCUT2D eigenvalue weighted by atomic mass is 10.2. The number of hydrogen-bond acceptors (Lipinski definition) is 4. The van der Waals surface area contributed by atoms with Gasteiger partial charge in [0.25, 0.3) is 11.1 Å². The molecule has 0 radical (unpaired) electrons. The van der Waals surface area contributed by atoms with Crippen LogP contribution < -0.4 is 4.74 Å². The average molecular weight is 366 g/mol. The minimum absolute atomic E-state index is 0.138. The number of hydrogen-bond donors (Lipinski definition) is 0. The number of carbonyl (C=O) groups is 2. The monoisotopic (exact) mass is 365 g/mol. The van der Waals surface area contributed by atoms with Crippen molar-refractivity contribution < 1.29 is 14.3 Å². The first-order valence-corrected chi connectivity index (χ1v) is 7.79. The van der Waals surface area contributed by atoms with E-state index in [1.165, 1.54) is 4.90 Å². The molecule has 0 bridgehead atoms. The van der Waals surface area contributed by atoms with Gasteiger partial charge in [0.2, 0.25) is 0 Å². The van der Waals surface area contributed by atoms with Gasteiger partial charge >= 0.3 is 0 Å². The lowest BCUT2D eigenvalue weighted by Crippen LogP contribution is -2.27. The summed E-state index contributed by atoms with van der Waals surface area (Å²) in [6, 6.07) is 5.39. The first-order chi connectivity index (χ1) is 10.1. The number of rotatable bonds is 4. The van der Waals surface area contributed by atoms with E-state index in [0.717, 1.165) is 16.2 Å². The van der Waals surface area contributed by atoms with E-state index in [0.29, 0.717) is 22.8 Å². The van der Waals surface area contributed by atoms with Crippen molar-refractivity contribution in [2.75, 3.05) is 13.2 Å². The standard InChI is InChI=1S/C15H12BrNO3S/c1-3-7-20-12-6-5-11(16)8-10(12)9-13-14(18)17(4-2)15(19)21-13/h1,5-6,8-9H,4,7H2,2H3/b13-9-. The molecule has 0 N–H and O–H groups in total. The lowest BCUT2D eigenvalue weighted by Gasteiger charge is -2.08. The summed E-state index contributed by atoms with van der Waals surface area (Å²) in [6.45, 7) is 2.26. The van der Waals surface area contributed by atoms with E-state index in [1.807, 2.05) is 12.1 Å². The zero-order valence-electron chi connectivity index (χ0n) is 11.3. The third-order valence-corrected chi connectivity index (χ3v) is 4.16. The van der Waals surface area contributed by atoms with Gasteiger partial charge < -0.3 is 4.74 Å². The molecule has 108 valence electrons. The number of benzene rings is 1. The summed E-state index contributed by atoms with van der Waals surface area (Å²) < 4.78 is 6.29. The Balaban J connectivity index is 2.36. The predicted octanol–water partition coefficient (Wildman–Crippen LogP) is 3.52. The molecule has 1 heterocycles. The molecule has 1 saturated heterocycles. The van der Waals surface area contributed by atoms with E-state index in [-0.39, 0.29) is 17.8 Å². The van der Waals surface area contributed by atoms with Crippen molar-refractivity contribution in [3.05, 3.63) is 33.1 Å². The van der Waals surface area contributed by atoms with Gasteiger partial charge in [0.05, 0.1) is 4.91 Å². The first-order valence-electron chi connectivity index (χ1n) is 6.18. The second-order valence-corrected chi connectivity index (χ2v) is 6.01. The molecular weight excluding hydrogens is 354 g/mol. The van der Waals surface area contributed by atoms with Crippen LogP contribution in [0.3, 0.4) is 0 Å². The van der Waals surface area contributed by atoms with Crippen molar-refractivity contribution in [2.45, 2.75) is 6.92 Å². The van der Waals surface area contributed by atoms with Crippen molar-refractivity contribution in [3.8, 4) is 18.1 Å². The molecule has 1 aromatic carbocycles. The molecule has 0 unspecified atom stereocenters. The van der Waals surface area contributed by atoms with Gasteiger partial charge in [0, 0.05) is 16.6 Å². The van der Waals surface area contributed by atoms with Crippen LogP contribution in [0, 0.1) is 12.3 Å². The Hall–Kier alpha value is -1.71. The molecule has 21 heavy (non-hydrogen) atoms. The molecule has 6 heteroatoms. The third kappa shape index (κ3) is 3.49. The molecule has 1 fully saturated rings. The van der Waals surface area contributed by atoms with Crippen molar-refractivity contribution in [1.82, 2.24) is 4.90 Å². The maximum atomic E-state index is 12.1. The van der Waals surface area contributed by atoms with Crippen LogP contribution >= 0.6 is 27.7 Å². The van der Waals surface area contributed by atoms with E-state index in [2.05, 4.69) is 21.9 Å². The molecule has 2 rings (SSSR count). The number of carbonyl (C=O) groups excluding carboxylic acids is 2. The average Bonchev–Trinajstić information content (AvgIpc) is 2.72. The molecule has 0 saturated carbocycles. The number of amides is 2. The predicted molar refractivity (Wildman–Crippen MR) is 86.8 cm³/mol. The smallest absolute Gasteiger partial charge is 0.293 e. The Morgan fingerprint density at radius 3 is 2.86 bits per heavy atom. The minimum Gasteiger partial charge on any atom is -0.480 e. The van der Waals surface area contributed by atoms with Crippen LogP contribution in [0.2, 0.25) is 0 Å². The molecular formula is C15H12BrNO3S. The van der Waals surface area contributed by atoms with Crippen LogP contribution in [-0.4, -0.2) is 29.2 Å². The summed E-state index contributed by atoms with van der Waals surface area (Å²) in [5.41, 5.74) is 0.696. The van der Waals surface area contributed by atoms with Crippen LogP contribution in [0.25, 0.3) is 6.08 Å². The number of thioether (sulfide) groups is 1. The maximum Gasteiger partial charge on any atom is 0.293 e. The van der Waals surface area contributed by atoms with Crippen molar-refractivity contribution in [1.29, 1.82) is 0 Å². The van der Waals surface area contributed by atoms with E-state index >= 15 is 0 Å². The fraction of sp³-hybridized carbons (Fsp3) is 0.200. The van der Waals surface area contributed by atoms with Gasteiger partial charge in [0.15, 0.2) is 0 Å². The fourth-order valence-corrected chi connectivity index (χ4v) is 3.07. The molecule has 1 aliphatic rings. The lowest BCUT2D eigenvalue weighted by molar-refractivity contribution is -0.122. The van der Waals surface area contributed by atoms with Gasteiger partial charge in [-0.15, -0.1) is 6.42 Å². The first kappa shape index (κ1) is 15.7. The molecule has 0 aliphatic carbocycles. The van der Waals surface area contributed by atoms with Gasteiger partial charge in [-0.2, -0.15) is 0 Å². The summed E-state index contributed by atoms with van der Waals surface area (Å²) in [5, 5.41) is -0.255. The fourth-order valence-electron chi connectivity index (χ4n) is 1.80. The molecule has 2 amide bonds. The SMILES string of the molecule is C#CCOc1ccc(Br)cc1/C=C1\SC(=O)N(CC)C1=O. The number of ether oxygens (including phenoxy) is 1. The van der Waals surface area contributed by atoms with Crippen LogP contribution in [0.1, 0.15) is 12.5 Å². The summed E-state index contributed by atoms with van der Waals surface area (Å²) in [6.07, 6.45) is 6.84. The van der Waals surface area contributed by atoms with Crippen LogP contribution in [0.5, 0.6) is 5.75 Å². The Morgan fingerprint density at radius 2 is 2.24 bits per heavy atom. The Labute approximate surface area is 135 Å². The molecule has 0 aromatic heterocycles. The summed E-state index contributed by atoms with van der Waals surface area (Å²) in [7, 11) is 0. The van der Waals surface area contributed by atoms with Crippen LogP contribution in [-0.2, 0) is 4.79 Å². The number of imide groups is 1. The second kappa shape index (κ2) is 6.83. The van der Waals surface area contributed by atoms with Gasteiger partial charge in [0.1, 0.15) is 12.4 Å². The Kier molecular flexibility index (Phi) is 5.10. The maximum absolute atomic E-state index is 12.1. The topological polar surface area (TPSA) is 46.6 Å². The minimum atomic E-state index is -0.282. The number of nitrogens with zero attached hydrogens (tertiary/aromatic N) is 1. The van der Waals surface area contributed by atoms with Crippen molar-refractivity contribution >= 4 is 44.9 Å². The van der Waals surface area contributed by atoms with E-state index in [9.17, 15) is 9.59 Å². The van der Waals surface area contributed by atoms with Crippen LogP contribution in [0.15, 0.2) is 27.6 Å². The third-order valence-electron chi connectivity index (χ3n) is 2.76. The summed E-state index contributed by atoms with van der Waals surface area (Å²) in [4.78, 5) is 25.4. The molecule has 4 nitrogen and oxygen atoms in total. The highest BCUT2D eigenvalue weighted by Crippen LogP contribution is 2.34. The largest absolute Gasteiger partial charge is 0.480 e. The summed E-state index contributed by atoms with van der Waals surface area (Å²) >= 11 is 4.30. The Morgan fingerprint density at radius 1 is 1.48 bits per heavy atom. The van der Waals surface area contributed by atoms with Gasteiger partial charge in [-0.3, -0.25) is 14.5 Å². The number of terminal acetylenes is 1. The highest BCUT2D eigenvalue weighted by Gasteiger charge is 2.33. The van der Waals surface area contributed by atoms with Crippen molar-refractivity contribution in [3.63, 3.8) is 0 Å². The molecule has 1 aromatic rings.